The van der Waals surface area contributed by atoms with Crippen LogP contribution < -0.4 is 8.92 Å². The summed E-state index contributed by atoms with van der Waals surface area (Å²) in [7, 11) is 0. The van der Waals surface area contributed by atoms with E-state index in [-0.39, 0.29) is 5.41 Å². The molecule has 0 unspecified atom stereocenters. The van der Waals surface area contributed by atoms with Crippen molar-refractivity contribution in [3.63, 3.8) is 0 Å². The number of hydrogen-bond donors (Lipinski definition) is 1. The summed E-state index contributed by atoms with van der Waals surface area (Å²) in [5.74, 6) is 5.10. The van der Waals surface area contributed by atoms with E-state index in [1.54, 1.807) is 0 Å². The van der Waals surface area contributed by atoms with Gasteiger partial charge in [0.1, 0.15) is 11.5 Å². The van der Waals surface area contributed by atoms with E-state index in [9.17, 15) is 0 Å². The first kappa shape index (κ1) is 20.2. The first-order chi connectivity index (χ1) is 10.6. The summed E-state index contributed by atoms with van der Waals surface area (Å²) in [6.45, 7) is 18.9. The molecule has 0 aliphatic carbocycles. The van der Waals surface area contributed by atoms with Crippen LogP contribution in [-0.2, 0) is 5.41 Å². The quantitative estimate of drug-likeness (QED) is 0.524. The Morgan fingerprint density at radius 2 is 1.52 bits per heavy atom. The molecule has 132 valence electrons. The van der Waals surface area contributed by atoms with E-state index in [0.717, 1.165) is 40.7 Å². The van der Waals surface area contributed by atoms with Gasteiger partial charge in [-0.25, -0.2) is 0 Å². The largest absolute Gasteiger partial charge is 0.492 e. The number of rotatable bonds is 4. The predicted octanol–water partition coefficient (Wildman–Crippen LogP) is 6.15. The van der Waals surface area contributed by atoms with Crippen molar-refractivity contribution in [3.05, 3.63) is 23.8 Å². The van der Waals surface area contributed by atoms with Crippen LogP contribution in [0, 0.1) is 23.7 Å². The fourth-order valence-electron chi connectivity index (χ4n) is 4.01. The summed E-state index contributed by atoms with van der Waals surface area (Å²) in [4.78, 5) is 0. The van der Waals surface area contributed by atoms with Crippen molar-refractivity contribution in [2.75, 3.05) is 6.61 Å². The summed E-state index contributed by atoms with van der Waals surface area (Å²) in [5, 5.41) is 0. The van der Waals surface area contributed by atoms with E-state index in [4.69, 9.17) is 8.92 Å². The molecule has 1 aliphatic heterocycles. The van der Waals surface area contributed by atoms with Crippen molar-refractivity contribution in [2.45, 2.75) is 60.8 Å². The van der Waals surface area contributed by atoms with E-state index < -0.39 is 0 Å². The Kier molecular flexibility index (Phi) is 7.31. The summed E-state index contributed by atoms with van der Waals surface area (Å²) in [6.07, 6.45) is 0. The van der Waals surface area contributed by atoms with Crippen LogP contribution >= 0.6 is 12.9 Å². The fourth-order valence-corrected chi connectivity index (χ4v) is 4.17. The maximum absolute atomic E-state index is 5.54. The van der Waals surface area contributed by atoms with Crippen LogP contribution in [0.4, 0.5) is 0 Å². The Morgan fingerprint density at radius 3 is 1.91 bits per heavy atom. The lowest BCUT2D eigenvalue weighted by Gasteiger charge is -2.28. The van der Waals surface area contributed by atoms with Crippen LogP contribution in [0.5, 0.6) is 11.5 Å². The van der Waals surface area contributed by atoms with Gasteiger partial charge in [0.05, 0.1) is 6.61 Å². The lowest BCUT2D eigenvalue weighted by atomic mass is 9.78. The van der Waals surface area contributed by atoms with Crippen molar-refractivity contribution in [1.82, 2.24) is 0 Å². The second-order valence-electron chi connectivity index (χ2n) is 8.20. The van der Waals surface area contributed by atoms with Crippen LogP contribution in [0.2, 0.25) is 0 Å². The Morgan fingerprint density at radius 1 is 1.00 bits per heavy atom. The molecule has 0 radical (unpaired) electrons. The smallest absolute Gasteiger partial charge is 0.144 e. The summed E-state index contributed by atoms with van der Waals surface area (Å²) in [6, 6.07) is 5.77. The van der Waals surface area contributed by atoms with Crippen molar-refractivity contribution in [3.8, 4) is 11.5 Å². The van der Waals surface area contributed by atoms with Crippen molar-refractivity contribution in [2.24, 2.45) is 23.7 Å². The molecule has 1 aromatic carbocycles. The minimum Gasteiger partial charge on any atom is -0.492 e. The van der Waals surface area contributed by atoms with Crippen LogP contribution in [0.1, 0.15) is 61.0 Å². The van der Waals surface area contributed by atoms with Gasteiger partial charge in [-0.15, -0.1) is 0 Å². The molecule has 0 aromatic heterocycles. The lowest BCUT2D eigenvalue weighted by Crippen LogP contribution is -2.21. The summed E-state index contributed by atoms with van der Waals surface area (Å²) >= 11 is 3.83. The molecule has 3 heteroatoms. The van der Waals surface area contributed by atoms with Crippen LogP contribution in [0.15, 0.2) is 18.2 Å². The number of thiol groups is 1. The lowest BCUT2D eigenvalue weighted by molar-refractivity contribution is 0.212. The Hall–Kier alpha value is -0.830. The van der Waals surface area contributed by atoms with Gasteiger partial charge in [-0.3, -0.25) is 0 Å². The van der Waals surface area contributed by atoms with E-state index >= 15 is 0 Å². The zero-order valence-electron chi connectivity index (χ0n) is 16.0. The van der Waals surface area contributed by atoms with Crippen LogP contribution in [0.25, 0.3) is 0 Å². The number of ether oxygens (including phenoxy) is 1. The van der Waals surface area contributed by atoms with E-state index in [1.165, 1.54) is 0 Å². The van der Waals surface area contributed by atoms with Gasteiger partial charge in [0.2, 0.25) is 0 Å². The average molecular weight is 339 g/mol. The molecule has 0 amide bonds. The van der Waals surface area contributed by atoms with Gasteiger partial charge in [0.25, 0.3) is 0 Å². The molecule has 0 N–H and O–H groups in total. The predicted molar refractivity (Wildman–Crippen MR) is 103 cm³/mol. The number of hydrogen-bond acceptors (Lipinski definition) is 3. The minimum atomic E-state index is 0.0225. The minimum absolute atomic E-state index is 0.0225. The molecule has 1 aliphatic rings. The highest BCUT2D eigenvalue weighted by Crippen LogP contribution is 2.44. The molecule has 0 atom stereocenters. The zero-order chi connectivity index (χ0) is 17.8. The number of fused-ring (bicyclic) bond motifs is 1. The Balaban J connectivity index is 0.000000241. The third kappa shape index (κ3) is 5.07. The highest BCUT2D eigenvalue weighted by molar-refractivity contribution is 7.75. The van der Waals surface area contributed by atoms with Crippen LogP contribution in [-0.4, -0.2) is 6.61 Å². The van der Waals surface area contributed by atoms with Gasteiger partial charge in [-0.1, -0.05) is 61.5 Å². The SMILES string of the molecule is CC(C)C(C(C)C)C(C)C.CC1(C)COc2cccc(OS)c21. The average Bonchev–Trinajstić information content (AvgIpc) is 2.74. The van der Waals surface area contributed by atoms with Gasteiger partial charge < -0.3 is 8.92 Å². The van der Waals surface area contributed by atoms with Gasteiger partial charge in [0, 0.05) is 23.9 Å². The maximum Gasteiger partial charge on any atom is 0.144 e. The third-order valence-corrected chi connectivity index (χ3v) is 4.86. The Labute approximate surface area is 148 Å². The van der Waals surface area contributed by atoms with Gasteiger partial charge >= 0.3 is 0 Å². The van der Waals surface area contributed by atoms with Gasteiger partial charge in [-0.2, -0.15) is 0 Å². The van der Waals surface area contributed by atoms with Crippen molar-refractivity contribution < 1.29 is 8.92 Å². The topological polar surface area (TPSA) is 18.5 Å². The molecule has 0 saturated carbocycles. The zero-order valence-corrected chi connectivity index (χ0v) is 16.9. The van der Waals surface area contributed by atoms with Crippen molar-refractivity contribution >= 4 is 12.9 Å². The molecular formula is C20H34O2S. The van der Waals surface area contributed by atoms with Gasteiger partial charge in [-0.05, 0) is 35.8 Å². The third-order valence-electron chi connectivity index (χ3n) is 4.66. The molecule has 1 aromatic rings. The first-order valence-electron chi connectivity index (χ1n) is 8.69. The standard InChI is InChI=1S/C10H12O2S.C10H22/c1-10(2)6-11-7-4-3-5-8(12-13)9(7)10;1-7(2)10(8(3)4)9(5)6/h3-5,13H,6H2,1-2H3;7-10H,1-6H3. The number of benzene rings is 1. The maximum atomic E-state index is 5.54. The Bertz CT molecular complexity index is 473. The second kappa shape index (κ2) is 8.32. The van der Waals surface area contributed by atoms with E-state index in [0.29, 0.717) is 6.61 Å². The highest BCUT2D eigenvalue weighted by atomic mass is 32.1. The second-order valence-corrected chi connectivity index (χ2v) is 8.39. The van der Waals surface area contributed by atoms with Gasteiger partial charge in [0.15, 0.2) is 0 Å². The molecule has 2 nitrogen and oxygen atoms in total. The monoisotopic (exact) mass is 338 g/mol. The van der Waals surface area contributed by atoms with E-state index in [1.807, 2.05) is 18.2 Å². The molecule has 2 rings (SSSR count). The summed E-state index contributed by atoms with van der Waals surface area (Å²) < 4.78 is 10.5. The molecule has 0 bridgehead atoms. The molecule has 23 heavy (non-hydrogen) atoms. The van der Waals surface area contributed by atoms with Crippen molar-refractivity contribution in [1.29, 1.82) is 0 Å². The molecule has 1 heterocycles. The van der Waals surface area contributed by atoms with Crippen LogP contribution in [0.3, 0.4) is 0 Å². The first-order valence-corrected chi connectivity index (χ1v) is 9.06. The molecule has 0 fully saturated rings. The molecule has 0 saturated heterocycles. The molecule has 0 spiro atoms. The fraction of sp³-hybridized carbons (Fsp3) is 0.700. The highest BCUT2D eigenvalue weighted by Gasteiger charge is 2.34. The molecular weight excluding hydrogens is 304 g/mol. The van der Waals surface area contributed by atoms with E-state index in [2.05, 4.69) is 68.3 Å². The summed E-state index contributed by atoms with van der Waals surface area (Å²) in [5.41, 5.74) is 1.14. The normalized spacial score (nSPS) is 15.5.